The second-order valence-corrected chi connectivity index (χ2v) is 3.74. The van der Waals surface area contributed by atoms with Gasteiger partial charge in [0.1, 0.15) is 6.33 Å². The summed E-state index contributed by atoms with van der Waals surface area (Å²) in [6.07, 6.45) is 1.27. The van der Waals surface area contributed by atoms with Gasteiger partial charge in [0.25, 0.3) is 11.5 Å². The molecule has 0 fully saturated rings. The fourth-order valence-corrected chi connectivity index (χ4v) is 1.72. The molecular weight excluding hydrogens is 248 g/mol. The van der Waals surface area contributed by atoms with E-state index >= 15 is 0 Å². The van der Waals surface area contributed by atoms with E-state index in [0.717, 1.165) is 0 Å². The average Bonchev–Trinajstić information content (AvgIpc) is 2.92. The molecule has 8 heteroatoms. The first-order chi connectivity index (χ1) is 9.25. The third kappa shape index (κ3) is 1.95. The summed E-state index contributed by atoms with van der Waals surface area (Å²) in [5.41, 5.74) is -0.224. The van der Waals surface area contributed by atoms with Crippen LogP contribution in [0.1, 0.15) is 10.5 Å². The zero-order valence-corrected chi connectivity index (χ0v) is 9.54. The lowest BCUT2D eigenvalue weighted by Gasteiger charge is -2.03. The van der Waals surface area contributed by atoms with E-state index in [1.54, 1.807) is 24.3 Å². The maximum absolute atomic E-state index is 12.1. The number of carbonyl (C=O) groups excluding carboxylic acids is 1. The van der Waals surface area contributed by atoms with E-state index in [4.69, 9.17) is 0 Å². The molecule has 0 saturated heterocycles. The second kappa shape index (κ2) is 4.33. The van der Waals surface area contributed by atoms with Crippen LogP contribution in [0.2, 0.25) is 0 Å². The molecule has 0 unspecified atom stereocenters. The van der Waals surface area contributed by atoms with E-state index in [2.05, 4.69) is 30.7 Å². The Morgan fingerprint density at radius 2 is 1.95 bits per heavy atom. The largest absolute Gasteiger partial charge is 0.289 e. The Morgan fingerprint density at radius 3 is 2.68 bits per heavy atom. The van der Waals surface area contributed by atoms with Crippen LogP contribution in [-0.2, 0) is 0 Å². The number of benzene rings is 1. The maximum Gasteiger partial charge on any atom is 0.279 e. The van der Waals surface area contributed by atoms with Crippen molar-refractivity contribution in [1.29, 1.82) is 0 Å². The highest BCUT2D eigenvalue weighted by Gasteiger charge is 2.14. The summed E-state index contributed by atoms with van der Waals surface area (Å²) < 4.78 is 0. The number of amides is 1. The quantitative estimate of drug-likeness (QED) is 0.609. The van der Waals surface area contributed by atoms with E-state index in [1.807, 2.05) is 0 Å². The minimum Gasteiger partial charge on any atom is -0.289 e. The number of H-pyrrole nitrogens is 2. The molecule has 0 saturated carbocycles. The molecule has 3 N–H and O–H groups in total. The van der Waals surface area contributed by atoms with Crippen molar-refractivity contribution in [2.45, 2.75) is 0 Å². The van der Waals surface area contributed by atoms with E-state index in [9.17, 15) is 9.59 Å². The number of aromatic amines is 2. The molecule has 1 amide bonds. The van der Waals surface area contributed by atoms with Crippen LogP contribution in [0.25, 0.3) is 10.8 Å². The van der Waals surface area contributed by atoms with Gasteiger partial charge in [-0.05, 0) is 6.07 Å². The van der Waals surface area contributed by atoms with Crippen LogP contribution in [0, 0.1) is 0 Å². The molecular formula is C11H8N6O2. The molecule has 8 nitrogen and oxygen atoms in total. The predicted molar refractivity (Wildman–Crippen MR) is 66.7 cm³/mol. The molecule has 0 aliphatic rings. The summed E-state index contributed by atoms with van der Waals surface area (Å²) in [5, 5.41) is 15.6. The Morgan fingerprint density at radius 1 is 1.16 bits per heavy atom. The normalized spacial score (nSPS) is 10.5. The highest BCUT2D eigenvalue weighted by Crippen LogP contribution is 2.13. The lowest BCUT2D eigenvalue weighted by Crippen LogP contribution is -2.19. The third-order valence-electron chi connectivity index (χ3n) is 2.56. The van der Waals surface area contributed by atoms with Crippen LogP contribution in [0.3, 0.4) is 0 Å². The van der Waals surface area contributed by atoms with Crippen LogP contribution in [0.15, 0.2) is 35.4 Å². The molecule has 94 valence electrons. The minimum atomic E-state index is -0.482. The number of nitrogens with zero attached hydrogens (tertiary/aromatic N) is 3. The van der Waals surface area contributed by atoms with Crippen molar-refractivity contribution >= 4 is 22.6 Å². The molecule has 0 bridgehead atoms. The summed E-state index contributed by atoms with van der Waals surface area (Å²) in [7, 11) is 0. The molecule has 0 spiro atoms. The minimum absolute atomic E-state index is 0.117. The highest BCUT2D eigenvalue weighted by atomic mass is 16.2. The van der Waals surface area contributed by atoms with Crippen molar-refractivity contribution in [2.75, 3.05) is 5.32 Å². The third-order valence-corrected chi connectivity index (χ3v) is 2.56. The number of carbonyl (C=O) groups is 1. The lowest BCUT2D eigenvalue weighted by atomic mass is 10.1. The van der Waals surface area contributed by atoms with Gasteiger partial charge in [-0.15, -0.1) is 0 Å². The topological polar surface area (TPSA) is 116 Å². The molecule has 0 aliphatic carbocycles. The van der Waals surface area contributed by atoms with Gasteiger partial charge in [-0.25, -0.2) is 10.2 Å². The van der Waals surface area contributed by atoms with Crippen LogP contribution in [-0.4, -0.2) is 31.3 Å². The maximum atomic E-state index is 12.1. The monoisotopic (exact) mass is 256 g/mol. The van der Waals surface area contributed by atoms with Gasteiger partial charge in [0, 0.05) is 5.39 Å². The first-order valence-electron chi connectivity index (χ1n) is 5.40. The molecule has 1 aromatic carbocycles. The Labute approximate surface area is 105 Å². The molecule has 0 aliphatic heterocycles. The van der Waals surface area contributed by atoms with Crippen molar-refractivity contribution in [1.82, 2.24) is 25.4 Å². The first kappa shape index (κ1) is 11.1. The number of anilines is 1. The van der Waals surface area contributed by atoms with Crippen LogP contribution < -0.4 is 10.9 Å². The highest BCUT2D eigenvalue weighted by molar-refractivity contribution is 6.10. The van der Waals surface area contributed by atoms with E-state index in [1.165, 1.54) is 6.33 Å². The summed E-state index contributed by atoms with van der Waals surface area (Å²) in [5.74, 6) is -0.272. The summed E-state index contributed by atoms with van der Waals surface area (Å²) in [6.45, 7) is 0. The van der Waals surface area contributed by atoms with Gasteiger partial charge in [-0.3, -0.25) is 14.9 Å². The van der Waals surface area contributed by atoms with E-state index in [0.29, 0.717) is 10.8 Å². The van der Waals surface area contributed by atoms with Crippen LogP contribution >= 0.6 is 0 Å². The number of hydrogen-bond donors (Lipinski definition) is 3. The second-order valence-electron chi connectivity index (χ2n) is 3.74. The lowest BCUT2D eigenvalue weighted by molar-refractivity contribution is 0.102. The van der Waals surface area contributed by atoms with Gasteiger partial charge in [-0.1, -0.05) is 18.2 Å². The SMILES string of the molecule is O=C(Nc1ncn[nH]1)c1n[nH]c(=O)c2ccccc12. The fourth-order valence-electron chi connectivity index (χ4n) is 1.72. The molecule has 3 aromatic rings. The smallest absolute Gasteiger partial charge is 0.279 e. The summed E-state index contributed by atoms with van der Waals surface area (Å²) in [6, 6.07) is 6.73. The Kier molecular flexibility index (Phi) is 2.53. The Hall–Kier alpha value is -3.03. The standard InChI is InChI=1S/C11H8N6O2/c18-9-7-4-2-1-3-6(7)8(15-16-9)10(19)14-11-12-5-13-17-11/h1-5H,(H,16,18)(H2,12,13,14,17,19). The number of hydrogen-bond acceptors (Lipinski definition) is 5. The van der Waals surface area contributed by atoms with Crippen molar-refractivity contribution in [2.24, 2.45) is 0 Å². The van der Waals surface area contributed by atoms with Gasteiger partial charge in [-0.2, -0.15) is 15.2 Å². The summed E-state index contributed by atoms with van der Waals surface area (Å²) in [4.78, 5) is 27.4. The van der Waals surface area contributed by atoms with Gasteiger partial charge in [0.05, 0.1) is 5.39 Å². The molecule has 2 heterocycles. The molecule has 19 heavy (non-hydrogen) atoms. The molecule has 0 atom stereocenters. The van der Waals surface area contributed by atoms with Crippen molar-refractivity contribution in [3.05, 3.63) is 46.6 Å². The number of aromatic nitrogens is 5. The zero-order valence-electron chi connectivity index (χ0n) is 9.54. The van der Waals surface area contributed by atoms with E-state index < -0.39 is 5.91 Å². The molecule has 0 radical (unpaired) electrons. The van der Waals surface area contributed by atoms with Gasteiger partial charge < -0.3 is 0 Å². The molecule has 2 aromatic heterocycles. The number of nitrogens with one attached hydrogen (secondary N) is 3. The van der Waals surface area contributed by atoms with Crippen molar-refractivity contribution in [3.63, 3.8) is 0 Å². The van der Waals surface area contributed by atoms with Gasteiger partial charge in [0.15, 0.2) is 5.69 Å². The van der Waals surface area contributed by atoms with Gasteiger partial charge in [0.2, 0.25) is 5.95 Å². The van der Waals surface area contributed by atoms with E-state index in [-0.39, 0.29) is 17.2 Å². The fraction of sp³-hybridized carbons (Fsp3) is 0. The Balaban J connectivity index is 2.08. The zero-order chi connectivity index (χ0) is 13.2. The van der Waals surface area contributed by atoms with Crippen molar-refractivity contribution in [3.8, 4) is 0 Å². The molecule has 3 rings (SSSR count). The Bertz CT molecular complexity index is 792. The van der Waals surface area contributed by atoms with Gasteiger partial charge >= 0.3 is 0 Å². The predicted octanol–water partition coefficient (Wildman–Crippen LogP) is 0.293. The number of fused-ring (bicyclic) bond motifs is 1. The summed E-state index contributed by atoms with van der Waals surface area (Å²) >= 11 is 0. The van der Waals surface area contributed by atoms with Crippen molar-refractivity contribution < 1.29 is 4.79 Å². The first-order valence-corrected chi connectivity index (χ1v) is 5.40. The van der Waals surface area contributed by atoms with Crippen LogP contribution in [0.5, 0.6) is 0 Å². The average molecular weight is 256 g/mol. The van der Waals surface area contributed by atoms with Crippen LogP contribution in [0.4, 0.5) is 5.95 Å². The number of rotatable bonds is 2.